The summed E-state index contributed by atoms with van der Waals surface area (Å²) in [5.74, 6) is 1.39. The Morgan fingerprint density at radius 1 is 1.19 bits per heavy atom. The van der Waals surface area contributed by atoms with Gasteiger partial charge in [0.15, 0.2) is 5.13 Å². The second-order valence-corrected chi connectivity index (χ2v) is 6.98. The molecule has 0 fully saturated rings. The van der Waals surface area contributed by atoms with Crippen LogP contribution in [0.25, 0.3) is 16.3 Å². The fourth-order valence-electron chi connectivity index (χ4n) is 2.41. The molecule has 1 aromatic heterocycles. The SMILES string of the molecule is CCCCOc1ccc(/C=C/C(=O)Nc2nc3ccc(OC)cc3s2)cc1. The first-order valence-electron chi connectivity index (χ1n) is 8.84. The van der Waals surface area contributed by atoms with Gasteiger partial charge in [0.2, 0.25) is 5.91 Å². The number of fused-ring (bicyclic) bond motifs is 1. The zero-order valence-corrected chi connectivity index (χ0v) is 16.2. The Bertz CT molecular complexity index is 932. The van der Waals surface area contributed by atoms with Crippen LogP contribution in [0.4, 0.5) is 5.13 Å². The van der Waals surface area contributed by atoms with Crippen LogP contribution in [0.1, 0.15) is 25.3 Å². The standard InChI is InChI=1S/C21H22N2O3S/c1-3-4-13-26-16-8-5-15(6-9-16)7-12-20(24)23-21-22-18-11-10-17(25-2)14-19(18)27-21/h5-12,14H,3-4,13H2,1-2H3,(H,22,23,24)/b12-7+. The summed E-state index contributed by atoms with van der Waals surface area (Å²) in [5, 5.41) is 3.36. The van der Waals surface area contributed by atoms with Gasteiger partial charge in [0.05, 0.1) is 23.9 Å². The Morgan fingerprint density at radius 3 is 2.70 bits per heavy atom. The van der Waals surface area contributed by atoms with E-state index in [0.29, 0.717) is 5.13 Å². The van der Waals surface area contributed by atoms with Crippen LogP contribution in [0.2, 0.25) is 0 Å². The normalized spacial score (nSPS) is 11.0. The van der Waals surface area contributed by atoms with Crippen LogP contribution in [0.15, 0.2) is 48.5 Å². The fourth-order valence-corrected chi connectivity index (χ4v) is 3.31. The summed E-state index contributed by atoms with van der Waals surface area (Å²) >= 11 is 1.41. The highest BCUT2D eigenvalue weighted by Crippen LogP contribution is 2.29. The van der Waals surface area contributed by atoms with Gasteiger partial charge < -0.3 is 9.47 Å². The molecule has 0 bridgehead atoms. The first-order valence-corrected chi connectivity index (χ1v) is 9.66. The molecule has 2 aromatic carbocycles. The summed E-state index contributed by atoms with van der Waals surface area (Å²) in [4.78, 5) is 16.6. The summed E-state index contributed by atoms with van der Waals surface area (Å²) in [6.07, 6.45) is 5.42. The number of anilines is 1. The van der Waals surface area contributed by atoms with Gasteiger partial charge in [-0.3, -0.25) is 10.1 Å². The van der Waals surface area contributed by atoms with Crippen molar-refractivity contribution in [2.24, 2.45) is 0 Å². The number of rotatable bonds is 8. The molecule has 0 saturated heterocycles. The van der Waals surface area contributed by atoms with Crippen molar-refractivity contribution >= 4 is 38.7 Å². The van der Waals surface area contributed by atoms with E-state index in [9.17, 15) is 4.79 Å². The predicted octanol–water partition coefficient (Wildman–Crippen LogP) is 5.14. The van der Waals surface area contributed by atoms with Crippen molar-refractivity contribution in [3.05, 3.63) is 54.1 Å². The van der Waals surface area contributed by atoms with E-state index in [1.165, 1.54) is 17.4 Å². The van der Waals surface area contributed by atoms with E-state index in [4.69, 9.17) is 9.47 Å². The van der Waals surface area contributed by atoms with Crippen molar-refractivity contribution in [3.8, 4) is 11.5 Å². The number of carbonyl (C=O) groups is 1. The van der Waals surface area contributed by atoms with Crippen LogP contribution < -0.4 is 14.8 Å². The van der Waals surface area contributed by atoms with Crippen LogP contribution in [0, 0.1) is 0 Å². The van der Waals surface area contributed by atoms with Gasteiger partial charge in [-0.1, -0.05) is 36.8 Å². The lowest BCUT2D eigenvalue weighted by Crippen LogP contribution is -2.07. The van der Waals surface area contributed by atoms with Gasteiger partial charge >= 0.3 is 0 Å². The third-order valence-electron chi connectivity index (χ3n) is 3.90. The summed E-state index contributed by atoms with van der Waals surface area (Å²) in [6.45, 7) is 2.86. The second-order valence-electron chi connectivity index (χ2n) is 5.95. The molecule has 0 aliphatic rings. The van der Waals surface area contributed by atoms with E-state index in [-0.39, 0.29) is 5.91 Å². The quantitative estimate of drug-likeness (QED) is 0.433. The van der Waals surface area contributed by atoms with Gasteiger partial charge in [-0.25, -0.2) is 4.98 Å². The fraction of sp³-hybridized carbons (Fsp3) is 0.238. The minimum absolute atomic E-state index is 0.218. The van der Waals surface area contributed by atoms with Crippen molar-refractivity contribution in [3.63, 3.8) is 0 Å². The summed E-state index contributed by atoms with van der Waals surface area (Å²) in [5.41, 5.74) is 1.76. The van der Waals surface area contributed by atoms with Gasteiger partial charge in [0, 0.05) is 6.08 Å². The molecule has 5 nitrogen and oxygen atoms in total. The largest absolute Gasteiger partial charge is 0.497 e. The minimum atomic E-state index is -0.218. The Hall–Kier alpha value is -2.86. The number of thiazole rings is 1. The van der Waals surface area contributed by atoms with E-state index < -0.39 is 0 Å². The molecule has 140 valence electrons. The number of aromatic nitrogens is 1. The lowest BCUT2D eigenvalue weighted by molar-refractivity contribution is -0.111. The molecule has 3 rings (SSSR count). The zero-order valence-electron chi connectivity index (χ0n) is 15.4. The molecular formula is C21H22N2O3S. The number of ether oxygens (including phenoxy) is 2. The molecule has 0 aliphatic carbocycles. The van der Waals surface area contributed by atoms with Gasteiger partial charge in [0.25, 0.3) is 0 Å². The second kappa shape index (κ2) is 9.19. The van der Waals surface area contributed by atoms with Gasteiger partial charge in [-0.2, -0.15) is 0 Å². The average Bonchev–Trinajstić information content (AvgIpc) is 3.08. The average molecular weight is 382 g/mol. The molecule has 0 spiro atoms. The van der Waals surface area contributed by atoms with Crippen LogP contribution >= 0.6 is 11.3 Å². The molecule has 0 atom stereocenters. The van der Waals surface area contributed by atoms with Crippen molar-refractivity contribution in [2.75, 3.05) is 19.0 Å². The van der Waals surface area contributed by atoms with Crippen molar-refractivity contribution in [1.29, 1.82) is 0 Å². The number of amides is 1. The maximum absolute atomic E-state index is 12.1. The number of unbranched alkanes of at least 4 members (excludes halogenated alkanes) is 1. The molecular weight excluding hydrogens is 360 g/mol. The van der Waals surface area contributed by atoms with Gasteiger partial charge in [0.1, 0.15) is 11.5 Å². The van der Waals surface area contributed by atoms with Crippen molar-refractivity contribution in [1.82, 2.24) is 4.98 Å². The molecule has 0 radical (unpaired) electrons. The molecule has 3 aromatic rings. The molecule has 0 unspecified atom stereocenters. The number of hydrogen-bond donors (Lipinski definition) is 1. The number of nitrogens with one attached hydrogen (secondary N) is 1. The Kier molecular flexibility index (Phi) is 6.44. The van der Waals surface area contributed by atoms with Crippen LogP contribution in [-0.2, 0) is 4.79 Å². The molecule has 1 N–H and O–H groups in total. The molecule has 27 heavy (non-hydrogen) atoms. The lowest BCUT2D eigenvalue weighted by Gasteiger charge is -2.04. The highest BCUT2D eigenvalue weighted by molar-refractivity contribution is 7.22. The van der Waals surface area contributed by atoms with E-state index in [2.05, 4.69) is 17.2 Å². The van der Waals surface area contributed by atoms with Gasteiger partial charge in [-0.05, 0) is 48.4 Å². The third-order valence-corrected chi connectivity index (χ3v) is 4.83. The smallest absolute Gasteiger partial charge is 0.250 e. The van der Waals surface area contributed by atoms with Crippen molar-refractivity contribution in [2.45, 2.75) is 19.8 Å². The van der Waals surface area contributed by atoms with Crippen molar-refractivity contribution < 1.29 is 14.3 Å². The first-order chi connectivity index (χ1) is 13.2. The Balaban J connectivity index is 1.58. The van der Waals surface area contributed by atoms with E-state index >= 15 is 0 Å². The zero-order chi connectivity index (χ0) is 19.1. The summed E-state index contributed by atoms with van der Waals surface area (Å²) in [6, 6.07) is 13.3. The van der Waals surface area contributed by atoms with Crippen LogP contribution in [0.3, 0.4) is 0 Å². The highest BCUT2D eigenvalue weighted by Gasteiger charge is 2.07. The highest BCUT2D eigenvalue weighted by atomic mass is 32.1. The maximum Gasteiger partial charge on any atom is 0.250 e. The predicted molar refractivity (Wildman–Crippen MR) is 111 cm³/mol. The third kappa shape index (κ3) is 5.31. The Morgan fingerprint density at radius 2 is 1.96 bits per heavy atom. The maximum atomic E-state index is 12.1. The Labute approximate surface area is 162 Å². The number of hydrogen-bond acceptors (Lipinski definition) is 5. The monoisotopic (exact) mass is 382 g/mol. The number of methoxy groups -OCH3 is 1. The number of carbonyl (C=O) groups excluding carboxylic acids is 1. The number of nitrogens with zero attached hydrogens (tertiary/aromatic N) is 1. The van der Waals surface area contributed by atoms with E-state index in [0.717, 1.165) is 46.7 Å². The lowest BCUT2D eigenvalue weighted by atomic mass is 10.2. The summed E-state index contributed by atoms with van der Waals surface area (Å²) in [7, 11) is 1.62. The summed E-state index contributed by atoms with van der Waals surface area (Å²) < 4.78 is 11.8. The van der Waals surface area contributed by atoms with Crippen LogP contribution in [-0.4, -0.2) is 24.6 Å². The number of benzene rings is 2. The molecule has 1 amide bonds. The van der Waals surface area contributed by atoms with Gasteiger partial charge in [-0.15, -0.1) is 0 Å². The topological polar surface area (TPSA) is 60.5 Å². The van der Waals surface area contributed by atoms with E-state index in [1.54, 1.807) is 13.2 Å². The first kappa shape index (κ1) is 18.9. The van der Waals surface area contributed by atoms with Crippen LogP contribution in [0.5, 0.6) is 11.5 Å². The molecule has 6 heteroatoms. The molecule has 0 aliphatic heterocycles. The molecule has 1 heterocycles. The van der Waals surface area contributed by atoms with E-state index in [1.807, 2.05) is 42.5 Å². The molecule has 0 saturated carbocycles. The minimum Gasteiger partial charge on any atom is -0.497 e.